The van der Waals surface area contributed by atoms with Crippen molar-refractivity contribution in [3.05, 3.63) is 35.4 Å². The Labute approximate surface area is 99.5 Å². The average Bonchev–Trinajstić information content (AvgIpc) is 2.00. The maximum atomic E-state index is 4.56. The predicted octanol–water partition coefficient (Wildman–Crippen LogP) is 4.44. The number of hydrogen-bond donors (Lipinski definition) is 1. The fraction of sp³-hybridized carbons (Fsp3) is 0.571. The molecule has 0 saturated heterocycles. The predicted molar refractivity (Wildman–Crippen MR) is 71.6 cm³/mol. The van der Waals surface area contributed by atoms with Crippen LogP contribution < -0.4 is 0 Å². The van der Waals surface area contributed by atoms with E-state index in [2.05, 4.69) is 71.5 Å². The van der Waals surface area contributed by atoms with Crippen LogP contribution in [0.15, 0.2) is 24.3 Å². The molecule has 0 aliphatic carbocycles. The maximum Gasteiger partial charge on any atom is 0.0322 e. The van der Waals surface area contributed by atoms with Crippen molar-refractivity contribution in [2.24, 2.45) is 5.41 Å². The molecule has 1 aromatic rings. The number of thiol groups is 1. The van der Waals surface area contributed by atoms with Gasteiger partial charge in [0, 0.05) is 4.75 Å². The summed E-state index contributed by atoms with van der Waals surface area (Å²) in [5.41, 5.74) is 3.05. The van der Waals surface area contributed by atoms with Crippen molar-refractivity contribution in [2.75, 3.05) is 0 Å². The van der Waals surface area contributed by atoms with Gasteiger partial charge < -0.3 is 0 Å². The zero-order valence-electron chi connectivity index (χ0n) is 10.5. The highest BCUT2D eigenvalue weighted by Crippen LogP contribution is 2.28. The van der Waals surface area contributed by atoms with Crippen LogP contribution in [0.4, 0.5) is 0 Å². The van der Waals surface area contributed by atoms with Crippen molar-refractivity contribution < 1.29 is 0 Å². The van der Waals surface area contributed by atoms with Crippen molar-refractivity contribution in [3.8, 4) is 0 Å². The highest BCUT2D eigenvalue weighted by Gasteiger charge is 2.15. The Morgan fingerprint density at radius 3 is 1.73 bits per heavy atom. The van der Waals surface area contributed by atoms with Crippen LogP contribution in [0.25, 0.3) is 0 Å². The molecule has 0 aromatic heterocycles. The molecule has 0 saturated carbocycles. The van der Waals surface area contributed by atoms with Crippen LogP contribution in [0.1, 0.15) is 45.7 Å². The summed E-state index contributed by atoms with van der Waals surface area (Å²) in [4.78, 5) is 0. The quantitative estimate of drug-likeness (QED) is 0.703. The highest BCUT2D eigenvalue weighted by atomic mass is 32.1. The molecule has 1 aromatic carbocycles. The first kappa shape index (κ1) is 12.6. The van der Waals surface area contributed by atoms with Gasteiger partial charge in [-0.1, -0.05) is 45.0 Å². The molecule has 0 unspecified atom stereocenters. The Balaban J connectivity index is 2.82. The van der Waals surface area contributed by atoms with E-state index in [0.717, 1.165) is 6.42 Å². The minimum absolute atomic E-state index is 0.0414. The fourth-order valence-corrected chi connectivity index (χ4v) is 1.79. The summed E-state index contributed by atoms with van der Waals surface area (Å²) < 4.78 is -0.0414. The van der Waals surface area contributed by atoms with E-state index < -0.39 is 0 Å². The molecule has 0 N–H and O–H groups in total. The van der Waals surface area contributed by atoms with Crippen LogP contribution in [0, 0.1) is 5.41 Å². The third-order valence-corrected chi connectivity index (χ3v) is 2.65. The standard InChI is InChI=1S/C14H22S/c1-13(2,3)10-11-6-8-12(9-7-11)14(4,5)15/h6-9,15H,10H2,1-5H3. The summed E-state index contributed by atoms with van der Waals surface area (Å²) in [6.07, 6.45) is 1.13. The lowest BCUT2D eigenvalue weighted by atomic mass is 9.87. The number of benzene rings is 1. The zero-order chi connectivity index (χ0) is 11.7. The van der Waals surface area contributed by atoms with E-state index >= 15 is 0 Å². The molecule has 0 nitrogen and oxygen atoms in total. The first-order valence-corrected chi connectivity index (χ1v) is 5.95. The molecular formula is C14H22S. The van der Waals surface area contributed by atoms with Crippen LogP contribution in [0.3, 0.4) is 0 Å². The minimum Gasteiger partial charge on any atom is -0.168 e. The second-order valence-electron chi connectivity index (χ2n) is 5.99. The van der Waals surface area contributed by atoms with Gasteiger partial charge in [-0.05, 0) is 36.8 Å². The third kappa shape index (κ3) is 4.29. The summed E-state index contributed by atoms with van der Waals surface area (Å²) in [6, 6.07) is 8.82. The molecule has 0 aliphatic rings. The van der Waals surface area contributed by atoms with E-state index in [4.69, 9.17) is 0 Å². The molecule has 0 fully saturated rings. The summed E-state index contributed by atoms with van der Waals surface area (Å²) in [7, 11) is 0. The SMILES string of the molecule is CC(C)(C)Cc1ccc(C(C)(C)S)cc1. The van der Waals surface area contributed by atoms with Crippen LogP contribution in [-0.4, -0.2) is 0 Å². The lowest BCUT2D eigenvalue weighted by Crippen LogP contribution is -2.10. The van der Waals surface area contributed by atoms with E-state index in [0.29, 0.717) is 5.41 Å². The molecule has 0 amide bonds. The Morgan fingerprint density at radius 2 is 1.40 bits per heavy atom. The normalized spacial score (nSPS) is 12.9. The Morgan fingerprint density at radius 1 is 0.933 bits per heavy atom. The van der Waals surface area contributed by atoms with E-state index in [1.165, 1.54) is 11.1 Å². The third-order valence-electron chi connectivity index (χ3n) is 2.39. The van der Waals surface area contributed by atoms with Crippen LogP contribution in [-0.2, 0) is 11.2 Å². The van der Waals surface area contributed by atoms with Gasteiger partial charge in [0.25, 0.3) is 0 Å². The van der Waals surface area contributed by atoms with Crippen LogP contribution >= 0.6 is 12.6 Å². The molecule has 15 heavy (non-hydrogen) atoms. The minimum atomic E-state index is -0.0414. The van der Waals surface area contributed by atoms with E-state index in [-0.39, 0.29) is 4.75 Å². The smallest absolute Gasteiger partial charge is 0.0322 e. The largest absolute Gasteiger partial charge is 0.168 e. The molecule has 0 bridgehead atoms. The van der Waals surface area contributed by atoms with Gasteiger partial charge >= 0.3 is 0 Å². The van der Waals surface area contributed by atoms with E-state index in [1.54, 1.807) is 0 Å². The van der Waals surface area contributed by atoms with E-state index in [1.807, 2.05) is 0 Å². The highest BCUT2D eigenvalue weighted by molar-refractivity contribution is 7.81. The molecule has 84 valence electrons. The Hall–Kier alpha value is -0.430. The second-order valence-corrected chi connectivity index (χ2v) is 7.11. The Bertz CT molecular complexity index is 309. The van der Waals surface area contributed by atoms with E-state index in [9.17, 15) is 0 Å². The van der Waals surface area contributed by atoms with Gasteiger partial charge in [-0.3, -0.25) is 0 Å². The average molecular weight is 222 g/mol. The van der Waals surface area contributed by atoms with Crippen molar-refractivity contribution in [1.29, 1.82) is 0 Å². The number of rotatable bonds is 2. The lowest BCUT2D eigenvalue weighted by Gasteiger charge is -2.21. The molecule has 0 radical (unpaired) electrons. The first-order chi connectivity index (χ1) is 6.68. The summed E-state index contributed by atoms with van der Waals surface area (Å²) >= 11 is 4.56. The van der Waals surface area contributed by atoms with Gasteiger partial charge in [-0.2, -0.15) is 12.6 Å². The van der Waals surface area contributed by atoms with Crippen molar-refractivity contribution in [2.45, 2.75) is 45.8 Å². The fourth-order valence-electron chi connectivity index (χ4n) is 1.64. The Kier molecular flexibility index (Phi) is 3.55. The summed E-state index contributed by atoms with van der Waals surface area (Å²) in [5, 5.41) is 0. The second kappa shape index (κ2) is 4.21. The van der Waals surface area contributed by atoms with Gasteiger partial charge in [-0.15, -0.1) is 0 Å². The molecule has 0 aliphatic heterocycles. The van der Waals surface area contributed by atoms with Gasteiger partial charge in [-0.25, -0.2) is 0 Å². The zero-order valence-corrected chi connectivity index (χ0v) is 11.4. The van der Waals surface area contributed by atoms with Crippen LogP contribution in [0.2, 0.25) is 0 Å². The molecule has 0 heterocycles. The summed E-state index contributed by atoms with van der Waals surface area (Å²) in [5.74, 6) is 0. The topological polar surface area (TPSA) is 0 Å². The lowest BCUT2D eigenvalue weighted by molar-refractivity contribution is 0.411. The van der Waals surface area contributed by atoms with Crippen molar-refractivity contribution >= 4 is 12.6 Å². The molecule has 1 heteroatoms. The first-order valence-electron chi connectivity index (χ1n) is 5.50. The summed E-state index contributed by atoms with van der Waals surface area (Å²) in [6.45, 7) is 11.0. The van der Waals surface area contributed by atoms with Crippen LogP contribution in [0.5, 0.6) is 0 Å². The van der Waals surface area contributed by atoms with Gasteiger partial charge in [0.2, 0.25) is 0 Å². The monoisotopic (exact) mass is 222 g/mol. The molecular weight excluding hydrogens is 200 g/mol. The van der Waals surface area contributed by atoms with Gasteiger partial charge in [0.1, 0.15) is 0 Å². The van der Waals surface area contributed by atoms with Crippen molar-refractivity contribution in [1.82, 2.24) is 0 Å². The number of hydrogen-bond acceptors (Lipinski definition) is 1. The van der Waals surface area contributed by atoms with Gasteiger partial charge in [0.15, 0.2) is 0 Å². The maximum absolute atomic E-state index is 4.56. The van der Waals surface area contributed by atoms with Crippen molar-refractivity contribution in [3.63, 3.8) is 0 Å². The molecule has 1 rings (SSSR count). The molecule has 0 atom stereocenters. The van der Waals surface area contributed by atoms with Gasteiger partial charge in [0.05, 0.1) is 0 Å². The molecule has 0 spiro atoms.